The standard InChI is InChI=1S/C5H10.C3H6.C2H6/c1-4-5(2)3;1-3-2;1-2/h4-5H,1H2,2-3H3;3H,1H2,2H3;1-2H3. The van der Waals surface area contributed by atoms with Crippen molar-refractivity contribution < 1.29 is 0 Å². The van der Waals surface area contributed by atoms with Crippen molar-refractivity contribution in [1.82, 2.24) is 0 Å². The minimum atomic E-state index is 0.648. The lowest BCUT2D eigenvalue weighted by Crippen LogP contribution is -1.71. The molecule has 0 aliphatic rings. The molecule has 0 spiro atoms. The van der Waals surface area contributed by atoms with E-state index in [1.165, 1.54) is 0 Å². The maximum absolute atomic E-state index is 3.56. The summed E-state index contributed by atoms with van der Waals surface area (Å²) in [4.78, 5) is 0. The second kappa shape index (κ2) is 23.6. The highest BCUT2D eigenvalue weighted by Gasteiger charge is 1.73. The van der Waals surface area contributed by atoms with Gasteiger partial charge in [-0.2, -0.15) is 0 Å². The molecule has 0 N–H and O–H groups in total. The van der Waals surface area contributed by atoms with Crippen molar-refractivity contribution in [2.24, 2.45) is 5.92 Å². The zero-order chi connectivity index (χ0) is 8.99. The van der Waals surface area contributed by atoms with Crippen molar-refractivity contribution in [2.45, 2.75) is 34.6 Å². The molecule has 0 rings (SSSR count). The van der Waals surface area contributed by atoms with Gasteiger partial charge in [0, 0.05) is 0 Å². The van der Waals surface area contributed by atoms with E-state index in [2.05, 4.69) is 27.0 Å². The van der Waals surface area contributed by atoms with Crippen LogP contribution in [0.2, 0.25) is 0 Å². The van der Waals surface area contributed by atoms with Crippen LogP contribution in [0.25, 0.3) is 0 Å². The Labute approximate surface area is 66.7 Å². The summed E-state index contributed by atoms with van der Waals surface area (Å²) < 4.78 is 0. The summed E-state index contributed by atoms with van der Waals surface area (Å²) in [5, 5.41) is 0. The van der Waals surface area contributed by atoms with E-state index in [4.69, 9.17) is 0 Å². The lowest BCUT2D eigenvalue weighted by Gasteiger charge is -1.84. The normalized spacial score (nSPS) is 6.20. The molecule has 0 aliphatic heterocycles. The minimum Gasteiger partial charge on any atom is -0.103 e. The molecule has 0 aliphatic carbocycles. The Balaban J connectivity index is -0.0000000847. The van der Waals surface area contributed by atoms with Gasteiger partial charge in [0.2, 0.25) is 0 Å². The molecule has 0 aromatic heterocycles. The first-order chi connectivity index (χ1) is 4.68. The Morgan fingerprint density at radius 1 is 1.10 bits per heavy atom. The minimum absolute atomic E-state index is 0.648. The highest BCUT2D eigenvalue weighted by molar-refractivity contribution is 4.69. The molecule has 0 nitrogen and oxygen atoms in total. The molecular formula is C10H22. The van der Waals surface area contributed by atoms with Crippen LogP contribution in [0.4, 0.5) is 0 Å². The second-order valence-electron chi connectivity index (χ2n) is 1.89. The molecule has 0 radical (unpaired) electrons. The van der Waals surface area contributed by atoms with Gasteiger partial charge in [-0.05, 0) is 12.8 Å². The number of hydrogen-bond donors (Lipinski definition) is 0. The fraction of sp³-hybridized carbons (Fsp3) is 0.600. The largest absolute Gasteiger partial charge is 0.103 e. The van der Waals surface area contributed by atoms with Gasteiger partial charge in [0.05, 0.1) is 0 Å². The van der Waals surface area contributed by atoms with E-state index in [1.54, 1.807) is 6.08 Å². The lowest BCUT2D eigenvalue weighted by atomic mass is 10.2. The van der Waals surface area contributed by atoms with E-state index < -0.39 is 0 Å². The molecule has 0 heterocycles. The van der Waals surface area contributed by atoms with Gasteiger partial charge in [-0.1, -0.05) is 39.8 Å². The van der Waals surface area contributed by atoms with Crippen LogP contribution in [0, 0.1) is 5.92 Å². The zero-order valence-corrected chi connectivity index (χ0v) is 8.15. The van der Waals surface area contributed by atoms with Crippen molar-refractivity contribution in [2.75, 3.05) is 0 Å². The Morgan fingerprint density at radius 3 is 1.20 bits per heavy atom. The van der Waals surface area contributed by atoms with E-state index in [0.29, 0.717) is 5.92 Å². The van der Waals surface area contributed by atoms with Gasteiger partial charge in [0.25, 0.3) is 0 Å². The third kappa shape index (κ3) is 143. The monoisotopic (exact) mass is 142 g/mol. The van der Waals surface area contributed by atoms with Gasteiger partial charge in [-0.25, -0.2) is 0 Å². The van der Waals surface area contributed by atoms with Crippen molar-refractivity contribution in [3.05, 3.63) is 25.3 Å². The third-order valence-corrected chi connectivity index (χ3v) is 0.471. The molecule has 0 heteroatoms. The summed E-state index contributed by atoms with van der Waals surface area (Å²) >= 11 is 0. The molecule has 0 fully saturated rings. The van der Waals surface area contributed by atoms with Crippen LogP contribution in [-0.2, 0) is 0 Å². The summed E-state index contributed by atoms with van der Waals surface area (Å²) in [6, 6.07) is 0. The maximum Gasteiger partial charge on any atom is -0.0293 e. The summed E-state index contributed by atoms with van der Waals surface area (Å²) in [5.74, 6) is 0.648. The highest BCUT2D eigenvalue weighted by atomic mass is 13.8. The summed E-state index contributed by atoms with van der Waals surface area (Å²) in [6.45, 7) is 17.0. The molecular weight excluding hydrogens is 120 g/mol. The summed E-state index contributed by atoms with van der Waals surface area (Å²) in [6.07, 6.45) is 3.67. The second-order valence-corrected chi connectivity index (χ2v) is 1.89. The molecule has 0 aromatic rings. The van der Waals surface area contributed by atoms with E-state index in [9.17, 15) is 0 Å². The Kier molecular flexibility index (Phi) is 38.4. The van der Waals surface area contributed by atoms with Crippen LogP contribution in [0.15, 0.2) is 25.3 Å². The van der Waals surface area contributed by atoms with Gasteiger partial charge in [-0.3, -0.25) is 0 Å². The zero-order valence-electron chi connectivity index (χ0n) is 8.15. The lowest BCUT2D eigenvalue weighted by molar-refractivity contribution is 0.835. The van der Waals surface area contributed by atoms with Crippen LogP contribution >= 0.6 is 0 Å². The number of allylic oxidation sites excluding steroid dienone is 2. The quantitative estimate of drug-likeness (QED) is 0.484. The van der Waals surface area contributed by atoms with Gasteiger partial charge >= 0.3 is 0 Å². The van der Waals surface area contributed by atoms with Crippen molar-refractivity contribution in [3.8, 4) is 0 Å². The van der Waals surface area contributed by atoms with E-state index in [0.717, 1.165) is 0 Å². The van der Waals surface area contributed by atoms with Crippen LogP contribution in [0.5, 0.6) is 0 Å². The van der Waals surface area contributed by atoms with Crippen LogP contribution in [0.3, 0.4) is 0 Å². The molecule has 10 heavy (non-hydrogen) atoms. The van der Waals surface area contributed by atoms with Gasteiger partial charge in [-0.15, -0.1) is 13.2 Å². The average molecular weight is 142 g/mol. The molecule has 0 aromatic carbocycles. The average Bonchev–Trinajstić information content (AvgIpc) is 1.94. The molecule has 0 bridgehead atoms. The highest BCUT2D eigenvalue weighted by Crippen LogP contribution is 1.87. The molecule has 0 amide bonds. The Bertz CT molecular complexity index is 51.1. The van der Waals surface area contributed by atoms with E-state index in [1.807, 2.05) is 26.8 Å². The maximum atomic E-state index is 3.56. The SMILES string of the molecule is C=CC.C=CC(C)C.CC. The van der Waals surface area contributed by atoms with Gasteiger partial charge in [0.15, 0.2) is 0 Å². The fourth-order valence-electron chi connectivity index (χ4n) is 0. The van der Waals surface area contributed by atoms with Gasteiger partial charge < -0.3 is 0 Å². The number of hydrogen-bond acceptors (Lipinski definition) is 0. The molecule has 0 saturated carbocycles. The Morgan fingerprint density at radius 2 is 1.20 bits per heavy atom. The third-order valence-electron chi connectivity index (χ3n) is 0.471. The van der Waals surface area contributed by atoms with Gasteiger partial charge in [0.1, 0.15) is 0 Å². The van der Waals surface area contributed by atoms with E-state index in [-0.39, 0.29) is 0 Å². The topological polar surface area (TPSA) is 0 Å². The molecule has 0 atom stereocenters. The first kappa shape index (κ1) is 16.2. The Hall–Kier alpha value is -0.520. The van der Waals surface area contributed by atoms with Crippen LogP contribution in [0.1, 0.15) is 34.6 Å². The first-order valence-corrected chi connectivity index (χ1v) is 3.88. The predicted molar refractivity (Wildman–Crippen MR) is 52.3 cm³/mol. The predicted octanol–water partition coefficient (Wildman–Crippen LogP) is 4.05. The smallest absolute Gasteiger partial charge is 0.0293 e. The molecule has 0 saturated heterocycles. The van der Waals surface area contributed by atoms with Crippen LogP contribution in [-0.4, -0.2) is 0 Å². The number of rotatable bonds is 1. The van der Waals surface area contributed by atoms with Crippen molar-refractivity contribution in [1.29, 1.82) is 0 Å². The van der Waals surface area contributed by atoms with Crippen LogP contribution < -0.4 is 0 Å². The first-order valence-electron chi connectivity index (χ1n) is 3.88. The molecule has 62 valence electrons. The summed E-state index contributed by atoms with van der Waals surface area (Å²) in [7, 11) is 0. The summed E-state index contributed by atoms with van der Waals surface area (Å²) in [5.41, 5.74) is 0. The van der Waals surface area contributed by atoms with Crippen molar-refractivity contribution in [3.63, 3.8) is 0 Å². The fourth-order valence-corrected chi connectivity index (χ4v) is 0. The molecule has 0 unspecified atom stereocenters. The van der Waals surface area contributed by atoms with Crippen molar-refractivity contribution >= 4 is 0 Å². The van der Waals surface area contributed by atoms with E-state index >= 15 is 0 Å².